The minimum absolute atomic E-state index is 0.0727. The molecule has 1 fully saturated rings. The number of benzene rings is 2. The van der Waals surface area contributed by atoms with Crippen molar-refractivity contribution in [3.8, 4) is 11.5 Å². The predicted molar refractivity (Wildman–Crippen MR) is 98.5 cm³/mol. The second-order valence-electron chi connectivity index (χ2n) is 5.28. The van der Waals surface area contributed by atoms with E-state index in [2.05, 4.69) is 10.3 Å². The van der Waals surface area contributed by atoms with E-state index < -0.39 is 28.1 Å². The van der Waals surface area contributed by atoms with Crippen LogP contribution in [0, 0.1) is 15.9 Å². The van der Waals surface area contributed by atoms with Gasteiger partial charge in [0.25, 0.3) is 5.91 Å². The van der Waals surface area contributed by atoms with E-state index >= 15 is 0 Å². The number of nitro groups is 1. The Labute approximate surface area is 156 Å². The van der Waals surface area contributed by atoms with Gasteiger partial charge in [0, 0.05) is 6.07 Å². The second-order valence-corrected chi connectivity index (χ2v) is 6.31. The van der Waals surface area contributed by atoms with Gasteiger partial charge in [0.15, 0.2) is 10.9 Å². The lowest BCUT2D eigenvalue weighted by atomic mass is 10.1. The molecule has 10 heteroatoms. The minimum Gasteiger partial charge on any atom is -0.500 e. The zero-order valence-electron chi connectivity index (χ0n) is 13.8. The number of thioether (sulfide) groups is 1. The molecule has 2 N–H and O–H groups in total. The molecule has 0 spiro atoms. The van der Waals surface area contributed by atoms with Crippen LogP contribution in [0.4, 0.5) is 15.8 Å². The normalized spacial score (nSPS) is 16.6. The number of rotatable bonds is 4. The molecule has 3 rings (SSSR count). The van der Waals surface area contributed by atoms with E-state index in [1.54, 1.807) is 6.07 Å². The van der Waals surface area contributed by atoms with Crippen molar-refractivity contribution in [3.63, 3.8) is 0 Å². The van der Waals surface area contributed by atoms with Crippen LogP contribution in [-0.2, 0) is 4.79 Å². The first kappa shape index (κ1) is 18.4. The number of carbonyl (C=O) groups is 1. The standard InChI is InChI=1S/C17H12FN3O5S/c1-26-13-7-9(6-12(15(13)22)21(24)25)8-14-16(23)20-17(27-14)19-11-5-3-2-4-10(11)18/h2-8,22H,1H3,(H,19,20,23)/b14-8-. The molecule has 1 aliphatic heterocycles. The summed E-state index contributed by atoms with van der Waals surface area (Å²) in [6, 6.07) is 8.32. The number of methoxy groups -OCH3 is 1. The number of aliphatic imine (C=N–C) groups is 1. The number of carbonyl (C=O) groups excluding carboxylic acids is 1. The van der Waals surface area contributed by atoms with Crippen molar-refractivity contribution >= 4 is 40.3 Å². The number of nitrogens with one attached hydrogen (secondary N) is 1. The van der Waals surface area contributed by atoms with Crippen molar-refractivity contribution in [1.82, 2.24) is 5.32 Å². The Morgan fingerprint density at radius 3 is 2.78 bits per heavy atom. The third kappa shape index (κ3) is 3.90. The maximum absolute atomic E-state index is 13.7. The Kier molecular flexibility index (Phi) is 5.08. The highest BCUT2D eigenvalue weighted by Gasteiger charge is 2.25. The fourth-order valence-corrected chi connectivity index (χ4v) is 3.11. The predicted octanol–water partition coefficient (Wildman–Crippen LogP) is 3.34. The fourth-order valence-electron chi connectivity index (χ4n) is 2.28. The van der Waals surface area contributed by atoms with E-state index in [4.69, 9.17) is 4.74 Å². The molecule has 8 nitrogen and oxygen atoms in total. The number of phenols is 1. The van der Waals surface area contributed by atoms with Crippen LogP contribution in [-0.4, -0.2) is 28.2 Å². The van der Waals surface area contributed by atoms with Gasteiger partial charge in [0.2, 0.25) is 5.75 Å². The first-order valence-corrected chi connectivity index (χ1v) is 8.30. The third-order valence-corrected chi connectivity index (χ3v) is 4.43. The molecule has 0 saturated carbocycles. The lowest BCUT2D eigenvalue weighted by molar-refractivity contribution is -0.386. The van der Waals surface area contributed by atoms with Crippen LogP contribution in [0.5, 0.6) is 11.5 Å². The molecule has 0 aliphatic carbocycles. The van der Waals surface area contributed by atoms with Crippen LogP contribution >= 0.6 is 11.8 Å². The van der Waals surface area contributed by atoms with E-state index in [1.807, 2.05) is 0 Å². The van der Waals surface area contributed by atoms with Gasteiger partial charge in [-0.1, -0.05) is 12.1 Å². The van der Waals surface area contributed by atoms with Gasteiger partial charge in [-0.15, -0.1) is 0 Å². The highest BCUT2D eigenvalue weighted by atomic mass is 32.2. The topological polar surface area (TPSA) is 114 Å². The molecule has 0 atom stereocenters. The molecule has 2 aromatic rings. The zero-order valence-corrected chi connectivity index (χ0v) is 14.6. The molecule has 0 unspecified atom stereocenters. The van der Waals surface area contributed by atoms with Gasteiger partial charge in [0.05, 0.1) is 16.9 Å². The monoisotopic (exact) mass is 389 g/mol. The number of hydrogen-bond acceptors (Lipinski definition) is 7. The Balaban J connectivity index is 1.94. The van der Waals surface area contributed by atoms with Gasteiger partial charge < -0.3 is 15.2 Å². The Hall–Kier alpha value is -3.40. The van der Waals surface area contributed by atoms with Gasteiger partial charge >= 0.3 is 5.69 Å². The van der Waals surface area contributed by atoms with Crippen LogP contribution in [0.1, 0.15) is 5.56 Å². The average molecular weight is 389 g/mol. The lowest BCUT2D eigenvalue weighted by Crippen LogP contribution is -2.19. The van der Waals surface area contributed by atoms with Crippen LogP contribution in [0.2, 0.25) is 0 Å². The summed E-state index contributed by atoms with van der Waals surface area (Å²) in [6.07, 6.45) is 1.39. The van der Waals surface area contributed by atoms with E-state index in [9.17, 15) is 24.4 Å². The first-order chi connectivity index (χ1) is 12.9. The number of aromatic hydroxyl groups is 1. The molecule has 1 saturated heterocycles. The highest BCUT2D eigenvalue weighted by molar-refractivity contribution is 8.18. The summed E-state index contributed by atoms with van der Waals surface area (Å²) >= 11 is 0.960. The second kappa shape index (κ2) is 7.46. The lowest BCUT2D eigenvalue weighted by Gasteiger charge is -2.05. The van der Waals surface area contributed by atoms with Gasteiger partial charge in [-0.3, -0.25) is 14.9 Å². The molecule has 0 aromatic heterocycles. The first-order valence-electron chi connectivity index (χ1n) is 7.48. The highest BCUT2D eigenvalue weighted by Crippen LogP contribution is 2.38. The number of nitrogens with zero attached hydrogens (tertiary/aromatic N) is 2. The molecule has 1 amide bonds. The smallest absolute Gasteiger partial charge is 0.315 e. The van der Waals surface area contributed by atoms with E-state index in [0.717, 1.165) is 17.8 Å². The Morgan fingerprint density at radius 2 is 2.11 bits per heavy atom. The molecule has 0 radical (unpaired) electrons. The molecule has 1 aliphatic rings. The van der Waals surface area contributed by atoms with Crippen LogP contribution in [0.3, 0.4) is 0 Å². The number of hydrogen-bond donors (Lipinski definition) is 2. The summed E-state index contributed by atoms with van der Waals surface area (Å²) in [7, 11) is 1.26. The molecule has 2 aromatic carbocycles. The van der Waals surface area contributed by atoms with Gasteiger partial charge in [0.1, 0.15) is 11.5 Å². The van der Waals surface area contributed by atoms with Gasteiger partial charge in [-0.2, -0.15) is 0 Å². The van der Waals surface area contributed by atoms with Crippen molar-refractivity contribution < 1.29 is 24.0 Å². The van der Waals surface area contributed by atoms with E-state index in [-0.39, 0.29) is 27.1 Å². The number of amides is 1. The number of nitro benzene ring substituents is 1. The molecular formula is C17H12FN3O5S. The summed E-state index contributed by atoms with van der Waals surface area (Å²) in [5.74, 6) is -1.71. The van der Waals surface area contributed by atoms with E-state index in [0.29, 0.717) is 0 Å². The number of para-hydroxylation sites is 1. The van der Waals surface area contributed by atoms with Crippen molar-refractivity contribution in [2.45, 2.75) is 0 Å². The summed E-state index contributed by atoms with van der Waals surface area (Å²) in [4.78, 5) is 26.7. The van der Waals surface area contributed by atoms with Crippen LogP contribution < -0.4 is 10.1 Å². The molecular weight excluding hydrogens is 377 g/mol. The minimum atomic E-state index is -0.757. The number of halogens is 1. The van der Waals surface area contributed by atoms with Crippen LogP contribution in [0.15, 0.2) is 46.3 Å². The Bertz CT molecular complexity index is 1010. The van der Waals surface area contributed by atoms with Gasteiger partial charge in [-0.25, -0.2) is 9.38 Å². The largest absolute Gasteiger partial charge is 0.500 e. The third-order valence-electron chi connectivity index (χ3n) is 3.52. The number of phenolic OH excluding ortho intramolecular Hbond substituents is 1. The summed E-state index contributed by atoms with van der Waals surface area (Å²) in [6.45, 7) is 0. The van der Waals surface area contributed by atoms with Gasteiger partial charge in [-0.05, 0) is 41.6 Å². The maximum Gasteiger partial charge on any atom is 0.315 e. The van der Waals surface area contributed by atoms with Crippen molar-refractivity contribution in [3.05, 3.63) is 62.8 Å². The molecule has 138 valence electrons. The fraction of sp³-hybridized carbons (Fsp3) is 0.0588. The summed E-state index contributed by atoms with van der Waals surface area (Å²) < 4.78 is 18.6. The van der Waals surface area contributed by atoms with Crippen molar-refractivity contribution in [2.24, 2.45) is 4.99 Å². The average Bonchev–Trinajstić information content (AvgIpc) is 2.97. The van der Waals surface area contributed by atoms with Crippen molar-refractivity contribution in [2.75, 3.05) is 7.11 Å². The Morgan fingerprint density at radius 1 is 1.37 bits per heavy atom. The number of ether oxygens (including phenoxy) is 1. The molecule has 0 bridgehead atoms. The van der Waals surface area contributed by atoms with E-state index in [1.165, 1.54) is 37.5 Å². The zero-order chi connectivity index (χ0) is 19.6. The van der Waals surface area contributed by atoms with Crippen LogP contribution in [0.25, 0.3) is 6.08 Å². The molecule has 27 heavy (non-hydrogen) atoms. The number of amidine groups is 1. The quantitative estimate of drug-likeness (QED) is 0.471. The van der Waals surface area contributed by atoms with Crippen molar-refractivity contribution in [1.29, 1.82) is 0 Å². The maximum atomic E-state index is 13.7. The molecule has 1 heterocycles. The summed E-state index contributed by atoms with van der Waals surface area (Å²) in [5, 5.41) is 23.5. The summed E-state index contributed by atoms with van der Waals surface area (Å²) in [5.41, 5.74) is -0.200. The SMILES string of the molecule is COc1cc(/C=C2\SC(=Nc3ccccc3F)NC2=O)cc([N+](=O)[O-])c1O.